The SMILES string of the molecule is COc1ncc(CC2CCCN(c3ncnc4cc(N5CCOCC5)ccc34)C2)s1. The minimum absolute atomic E-state index is 0.599. The van der Waals surface area contributed by atoms with Crippen molar-refractivity contribution in [1.29, 1.82) is 0 Å². The second-order valence-electron chi connectivity index (χ2n) is 7.95. The van der Waals surface area contributed by atoms with Gasteiger partial charge in [0, 0.05) is 48.3 Å². The Labute approximate surface area is 180 Å². The number of methoxy groups -OCH3 is 1. The molecule has 2 aliphatic heterocycles. The first-order valence-corrected chi connectivity index (χ1v) is 11.4. The van der Waals surface area contributed by atoms with E-state index in [1.165, 1.54) is 23.4 Å². The van der Waals surface area contributed by atoms with Gasteiger partial charge in [-0.2, -0.15) is 0 Å². The number of hydrogen-bond acceptors (Lipinski definition) is 8. The lowest BCUT2D eigenvalue weighted by molar-refractivity contribution is 0.122. The molecule has 1 unspecified atom stereocenters. The Balaban J connectivity index is 1.35. The summed E-state index contributed by atoms with van der Waals surface area (Å²) >= 11 is 1.65. The summed E-state index contributed by atoms with van der Waals surface area (Å²) in [6.07, 6.45) is 7.12. The molecule has 0 bridgehead atoms. The van der Waals surface area contributed by atoms with E-state index in [4.69, 9.17) is 9.47 Å². The molecule has 0 N–H and O–H groups in total. The highest BCUT2D eigenvalue weighted by atomic mass is 32.1. The molecule has 158 valence electrons. The van der Waals surface area contributed by atoms with Crippen LogP contribution in [0.3, 0.4) is 0 Å². The number of rotatable bonds is 5. The van der Waals surface area contributed by atoms with E-state index in [2.05, 4.69) is 43.0 Å². The zero-order chi connectivity index (χ0) is 20.3. The van der Waals surface area contributed by atoms with Crippen LogP contribution in [0, 0.1) is 5.92 Å². The summed E-state index contributed by atoms with van der Waals surface area (Å²) in [4.78, 5) is 19.7. The molecule has 0 radical (unpaired) electrons. The summed E-state index contributed by atoms with van der Waals surface area (Å²) in [7, 11) is 1.68. The highest BCUT2D eigenvalue weighted by Gasteiger charge is 2.24. The van der Waals surface area contributed by atoms with Crippen LogP contribution in [0.15, 0.2) is 30.7 Å². The summed E-state index contributed by atoms with van der Waals surface area (Å²) in [5.41, 5.74) is 2.23. The summed E-state index contributed by atoms with van der Waals surface area (Å²) in [6, 6.07) is 6.58. The number of anilines is 2. The summed E-state index contributed by atoms with van der Waals surface area (Å²) in [5, 5.41) is 1.88. The van der Waals surface area contributed by atoms with Crippen LogP contribution in [0.25, 0.3) is 10.9 Å². The predicted octanol–water partition coefficient (Wildman–Crippen LogP) is 3.39. The maximum atomic E-state index is 5.48. The number of morpholine rings is 1. The highest BCUT2D eigenvalue weighted by molar-refractivity contribution is 7.13. The molecule has 30 heavy (non-hydrogen) atoms. The van der Waals surface area contributed by atoms with Crippen LogP contribution in [-0.2, 0) is 11.2 Å². The molecular weight excluding hydrogens is 398 g/mol. The first kappa shape index (κ1) is 19.5. The normalized spacial score (nSPS) is 20.0. The maximum Gasteiger partial charge on any atom is 0.273 e. The first-order chi connectivity index (χ1) is 14.8. The van der Waals surface area contributed by atoms with Crippen molar-refractivity contribution < 1.29 is 9.47 Å². The minimum Gasteiger partial charge on any atom is -0.473 e. The van der Waals surface area contributed by atoms with Crippen LogP contribution in [0.5, 0.6) is 5.19 Å². The van der Waals surface area contributed by atoms with E-state index < -0.39 is 0 Å². The summed E-state index contributed by atoms with van der Waals surface area (Å²) in [6.45, 7) is 5.48. The van der Waals surface area contributed by atoms with E-state index in [0.717, 1.165) is 67.7 Å². The lowest BCUT2D eigenvalue weighted by Crippen LogP contribution is -2.37. The molecule has 2 aromatic heterocycles. The van der Waals surface area contributed by atoms with Gasteiger partial charge in [0.25, 0.3) is 5.19 Å². The van der Waals surface area contributed by atoms with Crippen molar-refractivity contribution in [3.05, 3.63) is 35.6 Å². The van der Waals surface area contributed by atoms with Crippen molar-refractivity contribution in [2.75, 3.05) is 56.3 Å². The lowest BCUT2D eigenvalue weighted by Gasteiger charge is -2.34. The molecule has 0 saturated carbocycles. The van der Waals surface area contributed by atoms with E-state index in [1.807, 2.05) is 6.20 Å². The van der Waals surface area contributed by atoms with Gasteiger partial charge in [-0.05, 0) is 43.4 Å². The summed E-state index contributed by atoms with van der Waals surface area (Å²) < 4.78 is 10.7. The van der Waals surface area contributed by atoms with Crippen LogP contribution in [0.2, 0.25) is 0 Å². The van der Waals surface area contributed by atoms with Crippen molar-refractivity contribution in [3.8, 4) is 5.19 Å². The average Bonchev–Trinajstić information content (AvgIpc) is 3.26. The smallest absolute Gasteiger partial charge is 0.273 e. The number of benzene rings is 1. The van der Waals surface area contributed by atoms with Gasteiger partial charge in [-0.25, -0.2) is 15.0 Å². The van der Waals surface area contributed by atoms with Gasteiger partial charge in [-0.15, -0.1) is 0 Å². The molecule has 4 heterocycles. The zero-order valence-corrected chi connectivity index (χ0v) is 18.1. The van der Waals surface area contributed by atoms with E-state index in [0.29, 0.717) is 5.92 Å². The van der Waals surface area contributed by atoms with Crippen molar-refractivity contribution >= 4 is 33.7 Å². The van der Waals surface area contributed by atoms with Gasteiger partial charge in [-0.3, -0.25) is 0 Å². The van der Waals surface area contributed by atoms with Crippen LogP contribution in [-0.4, -0.2) is 61.5 Å². The largest absolute Gasteiger partial charge is 0.473 e. The molecule has 2 saturated heterocycles. The standard InChI is InChI=1S/C22H27N5O2S/c1-28-22-23-13-18(30-22)11-16-3-2-6-27(14-16)21-19-5-4-17(12-20(19)24-15-25-21)26-7-9-29-10-8-26/h4-5,12-13,15-16H,2-3,6-11,14H2,1H3. The van der Waals surface area contributed by atoms with Crippen molar-refractivity contribution in [2.24, 2.45) is 5.92 Å². The lowest BCUT2D eigenvalue weighted by atomic mass is 9.94. The van der Waals surface area contributed by atoms with Gasteiger partial charge in [0.1, 0.15) is 12.1 Å². The molecule has 1 aromatic carbocycles. The van der Waals surface area contributed by atoms with Crippen LogP contribution >= 0.6 is 11.3 Å². The second kappa shape index (κ2) is 8.73. The molecule has 2 fully saturated rings. The third kappa shape index (κ3) is 4.06. The Morgan fingerprint density at radius 2 is 2.03 bits per heavy atom. The number of ether oxygens (including phenoxy) is 2. The fourth-order valence-electron chi connectivity index (χ4n) is 4.49. The Kier molecular flexibility index (Phi) is 5.68. The molecule has 2 aliphatic rings. The highest BCUT2D eigenvalue weighted by Crippen LogP contribution is 2.32. The molecule has 0 spiro atoms. The third-order valence-electron chi connectivity index (χ3n) is 5.99. The molecule has 1 atom stereocenters. The van der Waals surface area contributed by atoms with E-state index in [1.54, 1.807) is 24.8 Å². The first-order valence-electron chi connectivity index (χ1n) is 10.6. The number of aromatic nitrogens is 3. The van der Waals surface area contributed by atoms with E-state index in [9.17, 15) is 0 Å². The Morgan fingerprint density at radius 3 is 2.87 bits per heavy atom. The molecule has 5 rings (SSSR count). The van der Waals surface area contributed by atoms with Crippen molar-refractivity contribution in [2.45, 2.75) is 19.3 Å². The average molecular weight is 426 g/mol. The number of nitrogens with zero attached hydrogens (tertiary/aromatic N) is 5. The number of fused-ring (bicyclic) bond motifs is 1. The molecular formula is C22H27N5O2S. The topological polar surface area (TPSA) is 63.6 Å². The molecule has 0 amide bonds. The van der Waals surface area contributed by atoms with Crippen LogP contribution in [0.4, 0.5) is 11.5 Å². The van der Waals surface area contributed by atoms with Gasteiger partial charge >= 0.3 is 0 Å². The fraction of sp³-hybridized carbons (Fsp3) is 0.500. The van der Waals surface area contributed by atoms with Gasteiger partial charge in [-0.1, -0.05) is 11.3 Å². The Morgan fingerprint density at radius 1 is 1.13 bits per heavy atom. The van der Waals surface area contributed by atoms with Crippen molar-refractivity contribution in [1.82, 2.24) is 15.0 Å². The Hall–Kier alpha value is -2.45. The minimum atomic E-state index is 0.599. The van der Waals surface area contributed by atoms with Gasteiger partial charge in [0.15, 0.2) is 0 Å². The number of thiazole rings is 1. The number of piperidine rings is 1. The maximum absolute atomic E-state index is 5.48. The third-order valence-corrected chi connectivity index (χ3v) is 6.97. The predicted molar refractivity (Wildman–Crippen MR) is 120 cm³/mol. The van der Waals surface area contributed by atoms with E-state index in [-0.39, 0.29) is 0 Å². The molecule has 0 aliphatic carbocycles. The molecule has 7 nitrogen and oxygen atoms in total. The van der Waals surface area contributed by atoms with Crippen LogP contribution < -0.4 is 14.5 Å². The van der Waals surface area contributed by atoms with Gasteiger partial charge in [0.2, 0.25) is 0 Å². The number of hydrogen-bond donors (Lipinski definition) is 0. The molecule has 8 heteroatoms. The van der Waals surface area contributed by atoms with E-state index >= 15 is 0 Å². The monoisotopic (exact) mass is 425 g/mol. The van der Waals surface area contributed by atoms with Crippen LogP contribution in [0.1, 0.15) is 17.7 Å². The second-order valence-corrected chi connectivity index (χ2v) is 9.03. The zero-order valence-electron chi connectivity index (χ0n) is 17.3. The Bertz CT molecular complexity index is 1000. The molecule has 3 aromatic rings. The summed E-state index contributed by atoms with van der Waals surface area (Å²) in [5.74, 6) is 1.65. The fourth-order valence-corrected chi connectivity index (χ4v) is 5.33. The van der Waals surface area contributed by atoms with Gasteiger partial charge in [0.05, 0.1) is 25.8 Å². The van der Waals surface area contributed by atoms with Crippen molar-refractivity contribution in [3.63, 3.8) is 0 Å². The van der Waals surface area contributed by atoms with Gasteiger partial charge < -0.3 is 19.3 Å². The quantitative estimate of drug-likeness (QED) is 0.621.